The predicted octanol–water partition coefficient (Wildman–Crippen LogP) is 4.51. The number of halogens is 1. The molecule has 3 rings (SSSR count). The van der Waals surface area contributed by atoms with Gasteiger partial charge in [0, 0.05) is 17.1 Å². The molecule has 1 fully saturated rings. The smallest absolute Gasteiger partial charge is 0.257 e. The molecular formula is C17H21ClN2O2S. The lowest BCUT2D eigenvalue weighted by Crippen LogP contribution is -2.44. The van der Waals surface area contributed by atoms with E-state index in [4.69, 9.17) is 16.0 Å². The van der Waals surface area contributed by atoms with Crippen LogP contribution in [0.25, 0.3) is 11.1 Å². The average Bonchev–Trinajstić information content (AvgIpc) is 2.92. The first-order chi connectivity index (χ1) is 11.0. The maximum atomic E-state index is 12.2. The van der Waals surface area contributed by atoms with Crippen molar-refractivity contribution in [1.29, 1.82) is 0 Å². The third-order valence-corrected chi connectivity index (χ3v) is 5.77. The van der Waals surface area contributed by atoms with Gasteiger partial charge in [0.15, 0.2) is 5.58 Å². The Morgan fingerprint density at radius 2 is 2.26 bits per heavy atom. The van der Waals surface area contributed by atoms with Crippen LogP contribution in [-0.4, -0.2) is 22.7 Å². The molecule has 2 aromatic rings. The molecule has 0 radical (unpaired) electrons. The van der Waals surface area contributed by atoms with E-state index in [0.29, 0.717) is 33.4 Å². The van der Waals surface area contributed by atoms with Crippen LogP contribution in [0.1, 0.15) is 33.1 Å². The minimum Gasteiger partial charge on any atom is -0.431 e. The van der Waals surface area contributed by atoms with Crippen LogP contribution in [0.15, 0.2) is 27.8 Å². The SMILES string of the molecule is C[C@H]1[C@H](C)CCC[C@@H]1NC(=O)CSc1nc2ccc(Cl)cc2o1. The molecule has 6 heteroatoms. The number of amides is 1. The van der Waals surface area contributed by atoms with Crippen LogP contribution in [0.3, 0.4) is 0 Å². The molecule has 1 aromatic carbocycles. The molecule has 23 heavy (non-hydrogen) atoms. The Labute approximate surface area is 145 Å². The monoisotopic (exact) mass is 352 g/mol. The van der Waals surface area contributed by atoms with E-state index < -0.39 is 0 Å². The maximum Gasteiger partial charge on any atom is 0.257 e. The molecule has 1 aromatic heterocycles. The molecule has 1 N–H and O–H groups in total. The van der Waals surface area contributed by atoms with Crippen LogP contribution in [0.4, 0.5) is 0 Å². The highest BCUT2D eigenvalue weighted by Crippen LogP contribution is 2.30. The topological polar surface area (TPSA) is 55.1 Å². The second-order valence-corrected chi connectivity index (χ2v) is 7.68. The first-order valence-corrected chi connectivity index (χ1v) is 9.37. The Morgan fingerprint density at radius 1 is 1.43 bits per heavy atom. The molecule has 0 unspecified atom stereocenters. The lowest BCUT2D eigenvalue weighted by atomic mass is 9.78. The summed E-state index contributed by atoms with van der Waals surface area (Å²) in [5.41, 5.74) is 1.40. The number of hydrogen-bond donors (Lipinski definition) is 1. The van der Waals surface area contributed by atoms with Gasteiger partial charge in [-0.15, -0.1) is 0 Å². The van der Waals surface area contributed by atoms with Gasteiger partial charge in [0.1, 0.15) is 5.52 Å². The summed E-state index contributed by atoms with van der Waals surface area (Å²) in [6, 6.07) is 5.61. The number of nitrogens with one attached hydrogen (secondary N) is 1. The molecule has 0 saturated heterocycles. The van der Waals surface area contributed by atoms with Gasteiger partial charge in [-0.05, 0) is 30.4 Å². The number of nitrogens with zero attached hydrogens (tertiary/aromatic N) is 1. The molecule has 0 spiro atoms. The van der Waals surface area contributed by atoms with Gasteiger partial charge < -0.3 is 9.73 Å². The molecule has 1 saturated carbocycles. The standard InChI is InChI=1S/C17H21ClN2O2S/c1-10-4-3-5-13(11(10)2)19-16(21)9-23-17-20-14-7-6-12(18)8-15(14)22-17/h6-8,10-11,13H,3-5,9H2,1-2H3,(H,19,21)/t10-,11+,13+/m1/s1. The van der Waals surface area contributed by atoms with Crippen LogP contribution < -0.4 is 5.32 Å². The molecule has 1 amide bonds. The highest BCUT2D eigenvalue weighted by atomic mass is 35.5. The fraction of sp³-hybridized carbons (Fsp3) is 0.529. The summed E-state index contributed by atoms with van der Waals surface area (Å²) in [5, 5.41) is 4.28. The first kappa shape index (κ1) is 16.7. The quantitative estimate of drug-likeness (QED) is 0.822. The van der Waals surface area contributed by atoms with E-state index in [1.165, 1.54) is 24.6 Å². The minimum atomic E-state index is 0.0428. The van der Waals surface area contributed by atoms with Gasteiger partial charge in [0.25, 0.3) is 5.22 Å². The summed E-state index contributed by atoms with van der Waals surface area (Å²) in [6.07, 6.45) is 3.52. The Kier molecular flexibility index (Phi) is 5.17. The lowest BCUT2D eigenvalue weighted by Gasteiger charge is -2.34. The van der Waals surface area contributed by atoms with E-state index in [1.54, 1.807) is 12.1 Å². The van der Waals surface area contributed by atoms with Crippen LogP contribution in [-0.2, 0) is 4.79 Å². The van der Waals surface area contributed by atoms with Crippen molar-refractivity contribution in [2.75, 3.05) is 5.75 Å². The average molecular weight is 353 g/mol. The summed E-state index contributed by atoms with van der Waals surface area (Å²) >= 11 is 7.25. The predicted molar refractivity (Wildman–Crippen MR) is 93.9 cm³/mol. The summed E-state index contributed by atoms with van der Waals surface area (Å²) in [4.78, 5) is 16.5. The van der Waals surface area contributed by atoms with Gasteiger partial charge in [-0.25, -0.2) is 4.98 Å². The Hall–Kier alpha value is -1.20. The third kappa shape index (κ3) is 4.01. The van der Waals surface area contributed by atoms with Crippen molar-refractivity contribution in [3.05, 3.63) is 23.2 Å². The highest BCUT2D eigenvalue weighted by molar-refractivity contribution is 7.99. The van der Waals surface area contributed by atoms with Crippen molar-refractivity contribution < 1.29 is 9.21 Å². The van der Waals surface area contributed by atoms with E-state index in [2.05, 4.69) is 24.1 Å². The summed E-state index contributed by atoms with van der Waals surface area (Å²) in [6.45, 7) is 4.49. The summed E-state index contributed by atoms with van der Waals surface area (Å²) < 4.78 is 5.61. The van der Waals surface area contributed by atoms with Gasteiger partial charge in [-0.3, -0.25) is 4.79 Å². The van der Waals surface area contributed by atoms with Gasteiger partial charge >= 0.3 is 0 Å². The molecule has 0 bridgehead atoms. The largest absolute Gasteiger partial charge is 0.431 e. The summed E-state index contributed by atoms with van der Waals surface area (Å²) in [7, 11) is 0. The molecule has 1 aliphatic carbocycles. The van der Waals surface area contributed by atoms with Gasteiger partial charge in [-0.2, -0.15) is 0 Å². The van der Waals surface area contributed by atoms with Crippen LogP contribution >= 0.6 is 23.4 Å². The van der Waals surface area contributed by atoms with E-state index >= 15 is 0 Å². The van der Waals surface area contributed by atoms with Crippen molar-refractivity contribution in [3.63, 3.8) is 0 Å². The number of fused-ring (bicyclic) bond motifs is 1. The first-order valence-electron chi connectivity index (χ1n) is 8.01. The fourth-order valence-electron chi connectivity index (χ4n) is 3.10. The molecular weight excluding hydrogens is 332 g/mol. The fourth-order valence-corrected chi connectivity index (χ4v) is 3.91. The number of carbonyl (C=O) groups excluding carboxylic acids is 1. The Morgan fingerprint density at radius 3 is 3.09 bits per heavy atom. The molecule has 1 heterocycles. The van der Waals surface area contributed by atoms with Crippen LogP contribution in [0.5, 0.6) is 0 Å². The van der Waals surface area contributed by atoms with Crippen molar-refractivity contribution in [2.24, 2.45) is 11.8 Å². The van der Waals surface area contributed by atoms with Gasteiger partial charge in [-0.1, -0.05) is 50.1 Å². The maximum absolute atomic E-state index is 12.2. The minimum absolute atomic E-state index is 0.0428. The van der Waals surface area contributed by atoms with E-state index in [-0.39, 0.29) is 11.9 Å². The summed E-state index contributed by atoms with van der Waals surface area (Å²) in [5.74, 6) is 1.56. The van der Waals surface area contributed by atoms with Crippen molar-refractivity contribution >= 4 is 40.4 Å². The highest BCUT2D eigenvalue weighted by Gasteiger charge is 2.28. The number of thioether (sulfide) groups is 1. The lowest BCUT2D eigenvalue weighted by molar-refractivity contribution is -0.120. The normalized spacial score (nSPS) is 24.7. The van der Waals surface area contributed by atoms with Crippen LogP contribution in [0.2, 0.25) is 5.02 Å². The molecule has 0 aliphatic heterocycles. The van der Waals surface area contributed by atoms with E-state index in [0.717, 1.165) is 11.9 Å². The second-order valence-electron chi connectivity index (χ2n) is 6.32. The Bertz CT molecular complexity index is 703. The number of rotatable bonds is 4. The molecule has 1 aliphatic rings. The second kappa shape index (κ2) is 7.14. The van der Waals surface area contributed by atoms with Gasteiger partial charge in [0.05, 0.1) is 5.75 Å². The van der Waals surface area contributed by atoms with Crippen molar-refractivity contribution in [2.45, 2.75) is 44.4 Å². The Balaban J connectivity index is 1.55. The third-order valence-electron chi connectivity index (χ3n) is 4.71. The van der Waals surface area contributed by atoms with E-state index in [9.17, 15) is 4.79 Å². The number of oxazole rings is 1. The van der Waals surface area contributed by atoms with Gasteiger partial charge in [0.2, 0.25) is 5.91 Å². The molecule has 4 nitrogen and oxygen atoms in total. The zero-order valence-corrected chi connectivity index (χ0v) is 14.9. The number of benzene rings is 1. The molecule has 3 atom stereocenters. The van der Waals surface area contributed by atoms with E-state index in [1.807, 2.05) is 6.07 Å². The van der Waals surface area contributed by atoms with Crippen LogP contribution in [0, 0.1) is 11.8 Å². The molecule has 124 valence electrons. The van der Waals surface area contributed by atoms with Crippen molar-refractivity contribution in [3.8, 4) is 0 Å². The van der Waals surface area contributed by atoms with Crippen molar-refractivity contribution in [1.82, 2.24) is 10.3 Å². The number of hydrogen-bond acceptors (Lipinski definition) is 4. The number of carbonyl (C=O) groups is 1. The zero-order valence-electron chi connectivity index (χ0n) is 13.3. The zero-order chi connectivity index (χ0) is 16.4. The number of aromatic nitrogens is 1.